The molecule has 122 valence electrons. The van der Waals surface area contributed by atoms with Crippen LogP contribution in [0, 0.1) is 6.92 Å². The van der Waals surface area contributed by atoms with Gasteiger partial charge in [0.15, 0.2) is 4.96 Å². The maximum absolute atomic E-state index is 12.2. The Morgan fingerprint density at radius 2 is 2.17 bits per heavy atom. The van der Waals surface area contributed by atoms with Crippen LogP contribution in [0.4, 0.5) is 0 Å². The molecule has 0 amide bonds. The van der Waals surface area contributed by atoms with Crippen LogP contribution in [0.5, 0.6) is 0 Å². The van der Waals surface area contributed by atoms with Gasteiger partial charge in [-0.15, -0.1) is 22.7 Å². The number of aryl methyl sites for hydroxylation is 2. The largest absolute Gasteiger partial charge is 0.269 e. The number of hydrogen-bond acceptors (Lipinski definition) is 7. The Morgan fingerprint density at radius 3 is 3.00 bits per heavy atom. The van der Waals surface area contributed by atoms with Crippen molar-refractivity contribution in [1.29, 1.82) is 0 Å². The zero-order valence-corrected chi connectivity index (χ0v) is 15.6. The standard InChI is InChI=1S/C16H14N4OS3/c1-3-11-5-12-14(17-8-18-15(12)24-11)22-7-10-4-13(21)20-9(2)6-23-16(20)19-10/h4-6,8H,3,7H2,1-2H3. The van der Waals surface area contributed by atoms with Crippen molar-refractivity contribution in [2.75, 3.05) is 0 Å². The molecule has 0 saturated carbocycles. The van der Waals surface area contributed by atoms with Crippen molar-refractivity contribution >= 4 is 49.6 Å². The number of thiophene rings is 1. The second-order valence-corrected chi connectivity index (χ2v) is 8.25. The molecule has 4 heterocycles. The van der Waals surface area contributed by atoms with E-state index in [1.54, 1.807) is 39.9 Å². The van der Waals surface area contributed by atoms with Crippen molar-refractivity contribution < 1.29 is 0 Å². The average Bonchev–Trinajstić information content (AvgIpc) is 3.16. The summed E-state index contributed by atoms with van der Waals surface area (Å²) in [5.41, 5.74) is 1.69. The first-order valence-electron chi connectivity index (χ1n) is 7.48. The summed E-state index contributed by atoms with van der Waals surface area (Å²) in [6.45, 7) is 4.06. The number of thiazole rings is 1. The van der Waals surface area contributed by atoms with E-state index < -0.39 is 0 Å². The van der Waals surface area contributed by atoms with Gasteiger partial charge in [-0.2, -0.15) is 0 Å². The van der Waals surface area contributed by atoms with Crippen LogP contribution in [0.25, 0.3) is 15.2 Å². The van der Waals surface area contributed by atoms with Crippen LogP contribution in [-0.4, -0.2) is 19.4 Å². The first-order valence-corrected chi connectivity index (χ1v) is 10.2. The van der Waals surface area contributed by atoms with Crippen LogP contribution in [0.2, 0.25) is 0 Å². The normalized spacial score (nSPS) is 11.6. The van der Waals surface area contributed by atoms with Crippen molar-refractivity contribution in [1.82, 2.24) is 19.4 Å². The van der Waals surface area contributed by atoms with E-state index in [9.17, 15) is 4.79 Å². The molecule has 0 bridgehead atoms. The van der Waals surface area contributed by atoms with Gasteiger partial charge in [0.05, 0.1) is 5.69 Å². The number of thioether (sulfide) groups is 1. The van der Waals surface area contributed by atoms with E-state index in [2.05, 4.69) is 27.9 Å². The highest BCUT2D eigenvalue weighted by atomic mass is 32.2. The molecular formula is C16H14N4OS3. The Bertz CT molecular complexity index is 1100. The number of rotatable bonds is 4. The highest BCUT2D eigenvalue weighted by molar-refractivity contribution is 7.98. The van der Waals surface area contributed by atoms with E-state index in [-0.39, 0.29) is 5.56 Å². The van der Waals surface area contributed by atoms with E-state index in [4.69, 9.17) is 0 Å². The molecular weight excluding hydrogens is 360 g/mol. The van der Waals surface area contributed by atoms with Crippen LogP contribution in [0.3, 0.4) is 0 Å². The van der Waals surface area contributed by atoms with Gasteiger partial charge in [0.25, 0.3) is 5.56 Å². The van der Waals surface area contributed by atoms with Gasteiger partial charge in [0.1, 0.15) is 16.2 Å². The molecule has 0 radical (unpaired) electrons. The number of fused-ring (bicyclic) bond motifs is 2. The monoisotopic (exact) mass is 374 g/mol. The third-order valence-electron chi connectivity index (χ3n) is 3.68. The minimum Gasteiger partial charge on any atom is -0.269 e. The molecule has 0 aliphatic rings. The van der Waals surface area contributed by atoms with E-state index >= 15 is 0 Å². The Hall–Kier alpha value is -1.77. The van der Waals surface area contributed by atoms with E-state index in [1.807, 2.05) is 12.3 Å². The molecule has 0 fully saturated rings. The Kier molecular flexibility index (Phi) is 4.11. The Morgan fingerprint density at radius 1 is 1.29 bits per heavy atom. The van der Waals surface area contributed by atoms with Crippen LogP contribution >= 0.6 is 34.4 Å². The zero-order chi connectivity index (χ0) is 16.7. The molecule has 5 nitrogen and oxygen atoms in total. The van der Waals surface area contributed by atoms with Gasteiger partial charge in [-0.25, -0.2) is 15.0 Å². The Balaban J connectivity index is 1.65. The first kappa shape index (κ1) is 15.7. The fourth-order valence-corrected chi connectivity index (χ4v) is 5.25. The molecule has 0 aliphatic carbocycles. The Labute approximate surface area is 150 Å². The van der Waals surface area contributed by atoms with E-state index in [1.165, 1.54) is 16.2 Å². The molecule has 4 aromatic rings. The van der Waals surface area contributed by atoms with Crippen LogP contribution in [-0.2, 0) is 12.2 Å². The average molecular weight is 375 g/mol. The lowest BCUT2D eigenvalue weighted by Crippen LogP contribution is -2.14. The molecule has 0 aromatic carbocycles. The minimum absolute atomic E-state index is 0.0222. The molecule has 8 heteroatoms. The van der Waals surface area contributed by atoms with Gasteiger partial charge in [0.2, 0.25) is 0 Å². The molecule has 0 aliphatic heterocycles. The summed E-state index contributed by atoms with van der Waals surface area (Å²) in [6.07, 6.45) is 2.60. The van der Waals surface area contributed by atoms with Crippen LogP contribution in [0.1, 0.15) is 23.2 Å². The van der Waals surface area contributed by atoms with Crippen molar-refractivity contribution in [3.8, 4) is 0 Å². The lowest BCUT2D eigenvalue weighted by molar-refractivity contribution is 0.996. The maximum atomic E-state index is 12.2. The van der Waals surface area contributed by atoms with Crippen LogP contribution in [0.15, 0.2) is 33.7 Å². The number of nitrogens with zero attached hydrogens (tertiary/aromatic N) is 4. The summed E-state index contributed by atoms with van der Waals surface area (Å²) >= 11 is 4.80. The van der Waals surface area contributed by atoms with Crippen molar-refractivity contribution in [2.45, 2.75) is 31.0 Å². The zero-order valence-electron chi connectivity index (χ0n) is 13.1. The lowest BCUT2D eigenvalue weighted by atomic mass is 10.3. The summed E-state index contributed by atoms with van der Waals surface area (Å²) in [5, 5.41) is 3.99. The summed E-state index contributed by atoms with van der Waals surface area (Å²) in [7, 11) is 0. The topological polar surface area (TPSA) is 60.2 Å². The minimum atomic E-state index is -0.0222. The van der Waals surface area contributed by atoms with Gasteiger partial charge in [0, 0.05) is 33.2 Å². The van der Waals surface area contributed by atoms with E-state index in [0.717, 1.165) is 38.0 Å². The first-order chi connectivity index (χ1) is 11.7. The third-order valence-corrected chi connectivity index (χ3v) is 6.85. The number of hydrogen-bond donors (Lipinski definition) is 0. The molecule has 4 rings (SSSR count). The SMILES string of the molecule is CCc1cc2c(SCc3cc(=O)n4c(C)csc4n3)ncnc2s1. The lowest BCUT2D eigenvalue weighted by Gasteiger charge is -2.03. The highest BCUT2D eigenvalue weighted by Gasteiger charge is 2.11. The van der Waals surface area contributed by atoms with Gasteiger partial charge < -0.3 is 0 Å². The number of aromatic nitrogens is 4. The van der Waals surface area contributed by atoms with Crippen molar-refractivity contribution in [2.24, 2.45) is 0 Å². The van der Waals surface area contributed by atoms with Crippen molar-refractivity contribution in [3.05, 3.63) is 50.5 Å². The fourth-order valence-electron chi connectivity index (χ4n) is 2.49. The predicted molar refractivity (Wildman–Crippen MR) is 100 cm³/mol. The molecule has 0 N–H and O–H groups in total. The fraction of sp³-hybridized carbons (Fsp3) is 0.250. The summed E-state index contributed by atoms with van der Waals surface area (Å²) < 4.78 is 1.65. The highest BCUT2D eigenvalue weighted by Crippen LogP contribution is 2.32. The molecule has 4 aromatic heterocycles. The maximum Gasteiger partial charge on any atom is 0.258 e. The van der Waals surface area contributed by atoms with Gasteiger partial charge in [-0.3, -0.25) is 9.20 Å². The summed E-state index contributed by atoms with van der Waals surface area (Å²) in [6, 6.07) is 3.78. The van der Waals surface area contributed by atoms with Gasteiger partial charge in [-0.05, 0) is 19.4 Å². The molecule has 24 heavy (non-hydrogen) atoms. The molecule has 0 atom stereocenters. The molecule has 0 saturated heterocycles. The summed E-state index contributed by atoms with van der Waals surface area (Å²) in [4.78, 5) is 28.7. The van der Waals surface area contributed by atoms with Gasteiger partial charge in [-0.1, -0.05) is 18.7 Å². The molecule has 0 unspecified atom stereocenters. The third kappa shape index (κ3) is 2.74. The quantitative estimate of drug-likeness (QED) is 0.400. The van der Waals surface area contributed by atoms with E-state index in [0.29, 0.717) is 5.75 Å². The van der Waals surface area contributed by atoms with Crippen LogP contribution < -0.4 is 5.56 Å². The van der Waals surface area contributed by atoms with Crippen molar-refractivity contribution in [3.63, 3.8) is 0 Å². The van der Waals surface area contributed by atoms with Gasteiger partial charge >= 0.3 is 0 Å². The predicted octanol–water partition coefficient (Wildman–Crippen LogP) is 3.92. The summed E-state index contributed by atoms with van der Waals surface area (Å²) in [5.74, 6) is 0.617. The smallest absolute Gasteiger partial charge is 0.258 e. The second kappa shape index (κ2) is 6.27. The second-order valence-electron chi connectivity index (χ2n) is 5.33. The molecule has 0 spiro atoms.